The largest absolute Gasteiger partial charge is 0.481 e. The second-order valence-electron chi connectivity index (χ2n) is 5.04. The number of carbonyl (C=O) groups excluding carboxylic acids is 2. The summed E-state index contributed by atoms with van der Waals surface area (Å²) >= 11 is 4.60. The average molecular weight is 375 g/mol. The molecule has 1 aromatic rings. The van der Waals surface area contributed by atoms with E-state index in [4.69, 9.17) is 5.11 Å². The van der Waals surface area contributed by atoms with Crippen molar-refractivity contribution < 1.29 is 19.5 Å². The van der Waals surface area contributed by atoms with E-state index in [-0.39, 0.29) is 30.3 Å². The summed E-state index contributed by atoms with van der Waals surface area (Å²) in [6.07, 6.45) is 0.910. The Hall–Kier alpha value is -1.41. The molecular weight excluding hydrogens is 360 g/mol. The molecular formula is C13H15BrN2O4S. The Kier molecular flexibility index (Phi) is 5.00. The zero-order valence-corrected chi connectivity index (χ0v) is 13.7. The highest BCUT2D eigenvalue weighted by Crippen LogP contribution is 2.27. The zero-order valence-electron chi connectivity index (χ0n) is 11.3. The summed E-state index contributed by atoms with van der Waals surface area (Å²) in [5, 5.41) is 11.5. The fourth-order valence-corrected chi connectivity index (χ4v) is 3.50. The van der Waals surface area contributed by atoms with Gasteiger partial charge in [-0.05, 0) is 40.9 Å². The molecule has 1 aliphatic carbocycles. The smallest absolute Gasteiger partial charge is 0.306 e. The molecule has 0 radical (unpaired) electrons. The van der Waals surface area contributed by atoms with Gasteiger partial charge in [0.15, 0.2) is 0 Å². The first-order valence-corrected chi connectivity index (χ1v) is 8.00. The molecule has 0 aromatic carbocycles. The Labute approximate surface area is 134 Å². The maximum Gasteiger partial charge on any atom is 0.306 e. The van der Waals surface area contributed by atoms with Crippen LogP contribution in [-0.4, -0.2) is 47.4 Å². The fourth-order valence-electron chi connectivity index (χ4n) is 2.12. The van der Waals surface area contributed by atoms with Crippen LogP contribution in [0.2, 0.25) is 0 Å². The van der Waals surface area contributed by atoms with E-state index in [0.717, 1.165) is 3.79 Å². The number of nitrogens with zero attached hydrogens (tertiary/aromatic N) is 1. The van der Waals surface area contributed by atoms with Crippen molar-refractivity contribution in [3.05, 3.63) is 20.8 Å². The highest BCUT2D eigenvalue weighted by Gasteiger charge is 2.35. The lowest BCUT2D eigenvalue weighted by molar-refractivity contribution is -0.146. The molecule has 0 unspecified atom stereocenters. The summed E-state index contributed by atoms with van der Waals surface area (Å²) in [5.41, 5.74) is 0. The Morgan fingerprint density at radius 1 is 1.43 bits per heavy atom. The van der Waals surface area contributed by atoms with Crippen molar-refractivity contribution in [3.8, 4) is 0 Å². The number of likely N-dealkylation sites (N-methyl/N-ethyl adjacent to an activating group) is 1. The number of carboxylic acids is 1. The number of nitrogens with one attached hydrogen (secondary N) is 1. The minimum atomic E-state index is -0.823. The average Bonchev–Trinajstić information content (AvgIpc) is 2.78. The van der Waals surface area contributed by atoms with E-state index in [0.29, 0.717) is 17.7 Å². The summed E-state index contributed by atoms with van der Waals surface area (Å²) in [5.74, 6) is -1.66. The van der Waals surface area contributed by atoms with E-state index in [9.17, 15) is 14.4 Å². The molecule has 0 spiro atoms. The first kappa shape index (κ1) is 16.0. The van der Waals surface area contributed by atoms with Gasteiger partial charge in [-0.3, -0.25) is 14.4 Å². The lowest BCUT2D eigenvalue weighted by Gasteiger charge is -2.33. The minimum absolute atomic E-state index is 0.0391. The van der Waals surface area contributed by atoms with E-state index in [1.807, 2.05) is 0 Å². The maximum absolute atomic E-state index is 12.1. The second-order valence-corrected chi connectivity index (χ2v) is 7.50. The molecule has 0 saturated heterocycles. The van der Waals surface area contributed by atoms with Gasteiger partial charge in [0.1, 0.15) is 0 Å². The third-order valence-electron chi connectivity index (χ3n) is 3.36. The van der Waals surface area contributed by atoms with Crippen LogP contribution in [0.15, 0.2) is 15.9 Å². The van der Waals surface area contributed by atoms with Gasteiger partial charge < -0.3 is 15.3 Å². The number of carbonyl (C=O) groups is 3. The predicted molar refractivity (Wildman–Crippen MR) is 81.3 cm³/mol. The number of carboxylic acid groups (broad SMARTS) is 1. The molecule has 1 fully saturated rings. The van der Waals surface area contributed by atoms with Crippen molar-refractivity contribution in [3.63, 3.8) is 0 Å². The highest BCUT2D eigenvalue weighted by atomic mass is 79.9. The van der Waals surface area contributed by atoms with Crippen LogP contribution in [0.5, 0.6) is 0 Å². The van der Waals surface area contributed by atoms with Gasteiger partial charge >= 0.3 is 5.97 Å². The molecule has 0 atom stereocenters. The fraction of sp³-hybridized carbons (Fsp3) is 0.462. The minimum Gasteiger partial charge on any atom is -0.481 e. The standard InChI is InChI=1S/C13H15BrN2O4S/c1-16(12(18)9-2-3-10(14)21-9)6-11(17)15-8-4-7(5-8)13(19)20/h2-3,7-8H,4-6H2,1H3,(H,15,17)(H,19,20). The molecule has 114 valence electrons. The van der Waals surface area contributed by atoms with Crippen LogP contribution in [0.1, 0.15) is 22.5 Å². The Morgan fingerprint density at radius 3 is 2.62 bits per heavy atom. The Morgan fingerprint density at radius 2 is 2.10 bits per heavy atom. The SMILES string of the molecule is CN(CC(=O)NC1CC(C(=O)O)C1)C(=O)c1ccc(Br)s1. The summed E-state index contributed by atoms with van der Waals surface area (Å²) in [7, 11) is 1.57. The van der Waals surface area contributed by atoms with Gasteiger partial charge in [-0.25, -0.2) is 0 Å². The molecule has 1 aromatic heterocycles. The van der Waals surface area contributed by atoms with Crippen molar-refractivity contribution in [2.24, 2.45) is 5.92 Å². The first-order valence-electron chi connectivity index (χ1n) is 6.39. The van der Waals surface area contributed by atoms with E-state index < -0.39 is 5.97 Å². The van der Waals surface area contributed by atoms with Gasteiger partial charge in [0.2, 0.25) is 5.91 Å². The third-order valence-corrected chi connectivity index (χ3v) is 4.98. The quantitative estimate of drug-likeness (QED) is 0.818. The normalized spacial score (nSPS) is 20.5. The number of thiophene rings is 1. The van der Waals surface area contributed by atoms with Crippen LogP contribution in [-0.2, 0) is 9.59 Å². The lowest BCUT2D eigenvalue weighted by Crippen LogP contribution is -2.49. The molecule has 1 saturated carbocycles. The number of rotatable bonds is 5. The summed E-state index contributed by atoms with van der Waals surface area (Å²) in [6, 6.07) is 3.39. The number of hydrogen-bond donors (Lipinski definition) is 2. The molecule has 2 N–H and O–H groups in total. The molecule has 0 bridgehead atoms. The molecule has 21 heavy (non-hydrogen) atoms. The van der Waals surface area contributed by atoms with E-state index in [2.05, 4.69) is 21.2 Å². The van der Waals surface area contributed by atoms with Crippen LogP contribution in [0, 0.1) is 5.92 Å². The van der Waals surface area contributed by atoms with Crippen molar-refractivity contribution in [1.29, 1.82) is 0 Å². The van der Waals surface area contributed by atoms with Gasteiger partial charge in [-0.1, -0.05) is 0 Å². The highest BCUT2D eigenvalue weighted by molar-refractivity contribution is 9.11. The van der Waals surface area contributed by atoms with Crippen LogP contribution >= 0.6 is 27.3 Å². The van der Waals surface area contributed by atoms with Crippen molar-refractivity contribution in [1.82, 2.24) is 10.2 Å². The van der Waals surface area contributed by atoms with Gasteiger partial charge in [-0.15, -0.1) is 11.3 Å². The molecule has 0 aliphatic heterocycles. The maximum atomic E-state index is 12.1. The van der Waals surface area contributed by atoms with Gasteiger partial charge in [0, 0.05) is 13.1 Å². The monoisotopic (exact) mass is 374 g/mol. The molecule has 2 amide bonds. The van der Waals surface area contributed by atoms with Crippen LogP contribution < -0.4 is 5.32 Å². The first-order chi connectivity index (χ1) is 9.86. The van der Waals surface area contributed by atoms with Crippen molar-refractivity contribution >= 4 is 45.1 Å². The second kappa shape index (κ2) is 6.57. The van der Waals surface area contributed by atoms with E-state index in [1.54, 1.807) is 19.2 Å². The van der Waals surface area contributed by atoms with Crippen LogP contribution in [0.4, 0.5) is 0 Å². The Bertz CT molecular complexity index is 568. The number of halogens is 1. The summed E-state index contributed by atoms with van der Waals surface area (Å²) < 4.78 is 0.859. The third kappa shape index (κ3) is 4.04. The van der Waals surface area contributed by atoms with Crippen molar-refractivity contribution in [2.75, 3.05) is 13.6 Å². The number of aliphatic carboxylic acids is 1. The topological polar surface area (TPSA) is 86.7 Å². The summed E-state index contributed by atoms with van der Waals surface area (Å²) in [6.45, 7) is -0.0391. The van der Waals surface area contributed by atoms with Crippen molar-refractivity contribution in [2.45, 2.75) is 18.9 Å². The predicted octanol–water partition coefficient (Wildman–Crippen LogP) is 1.56. The summed E-state index contributed by atoms with van der Waals surface area (Å²) in [4.78, 5) is 36.5. The van der Waals surface area contributed by atoms with Gasteiger partial charge in [0.05, 0.1) is 21.1 Å². The number of amides is 2. The zero-order chi connectivity index (χ0) is 15.6. The molecule has 8 heteroatoms. The molecule has 1 aliphatic rings. The Balaban J connectivity index is 1.77. The molecule has 1 heterocycles. The number of hydrogen-bond acceptors (Lipinski definition) is 4. The lowest BCUT2D eigenvalue weighted by atomic mass is 9.80. The molecule has 2 rings (SSSR count). The van der Waals surface area contributed by atoms with Crippen LogP contribution in [0.25, 0.3) is 0 Å². The van der Waals surface area contributed by atoms with Crippen LogP contribution in [0.3, 0.4) is 0 Å². The van der Waals surface area contributed by atoms with E-state index in [1.165, 1.54) is 16.2 Å². The van der Waals surface area contributed by atoms with E-state index >= 15 is 0 Å². The van der Waals surface area contributed by atoms with Gasteiger partial charge in [-0.2, -0.15) is 0 Å². The van der Waals surface area contributed by atoms with Gasteiger partial charge in [0.25, 0.3) is 5.91 Å². The molecule has 6 nitrogen and oxygen atoms in total.